The van der Waals surface area contributed by atoms with E-state index < -0.39 is 166 Å². The van der Waals surface area contributed by atoms with Crippen LogP contribution in [0.15, 0.2) is 212 Å². The molecule has 0 spiro atoms. The molecule has 0 aliphatic carbocycles. The predicted octanol–water partition coefficient (Wildman–Crippen LogP) is 14.3. The molecule has 0 amide bonds. The van der Waals surface area contributed by atoms with Gasteiger partial charge in [0.15, 0.2) is 0 Å². The van der Waals surface area contributed by atoms with Gasteiger partial charge in [0.2, 0.25) is 0 Å². The lowest BCUT2D eigenvalue weighted by Crippen LogP contribution is -1.98. The third-order valence-corrected chi connectivity index (χ3v) is 10.2. The molecule has 0 bridgehead atoms. The highest BCUT2D eigenvalue weighted by molar-refractivity contribution is 6.16. The van der Waals surface area contributed by atoms with Gasteiger partial charge in [0.1, 0.15) is 0 Å². The highest BCUT2D eigenvalue weighted by Crippen LogP contribution is 2.43. The predicted molar refractivity (Wildman–Crippen MR) is 240 cm³/mol. The highest BCUT2D eigenvalue weighted by atomic mass is 15.0. The van der Waals surface area contributed by atoms with E-state index in [0.29, 0.717) is 11.1 Å². The standard InChI is InChI=1S/C54H35N3/c1-3-16-36(17-4-1)40-20-7-11-26-48(40)57-51-29-14-9-22-43(51)46-25-15-24-41(54(46)57)37-30-33-52-47(34-37)44-23-10-13-28-50(44)56(52)39-31-32-45-42-21-8-12-27-49(42)55(53(45)35-39)38-18-5-2-6-19-38/h1-35H/i8D,9D,10D,12D,13D,14D,15D,21D,22D,23D,24D,25D,27D,28D,29D,30D,31D,32D,33D,34D,35D. The summed E-state index contributed by atoms with van der Waals surface area (Å²) >= 11 is 0. The van der Waals surface area contributed by atoms with Crippen molar-refractivity contribution in [3.05, 3.63) is 212 Å². The van der Waals surface area contributed by atoms with E-state index in [2.05, 4.69) is 0 Å². The maximum Gasteiger partial charge on any atom is 0.0667 e. The Kier molecular flexibility index (Phi) is 3.81. The first kappa shape index (κ1) is 17.5. The SMILES string of the molecule is [2H]c1c([2H])c([2H])c2c(c1[2H])c1c([2H])c([2H])c(-n3c4c([2H])c([2H])c([2H])c([2H])c4c4c([2H])c(-c5c([2H])c([2H])c([2H])c6c7c([2H])c([2H])c([2H])c([2H])c7n(-c7ccccc7-c7ccccc7)c56)c([2H])c([2H])c43)c([2H])c1n2-c1ccccc1. The van der Waals surface area contributed by atoms with Crippen molar-refractivity contribution >= 4 is 65.4 Å². The van der Waals surface area contributed by atoms with Crippen molar-refractivity contribution in [2.45, 2.75) is 0 Å². The molecule has 3 heteroatoms. The molecule has 266 valence electrons. The average Bonchev–Trinajstić information content (AvgIpc) is 4.13. The van der Waals surface area contributed by atoms with Gasteiger partial charge in [-0.1, -0.05) is 151 Å². The van der Waals surface area contributed by atoms with Crippen molar-refractivity contribution in [2.24, 2.45) is 0 Å². The first-order valence-corrected chi connectivity index (χ1v) is 17.9. The Morgan fingerprint density at radius 1 is 0.316 bits per heavy atom. The molecule has 0 saturated carbocycles. The number of para-hydroxylation sites is 6. The van der Waals surface area contributed by atoms with E-state index in [1.54, 1.807) is 84.9 Å². The highest BCUT2D eigenvalue weighted by Gasteiger charge is 2.21. The van der Waals surface area contributed by atoms with Gasteiger partial charge in [-0.05, 0) is 71.6 Å². The van der Waals surface area contributed by atoms with Crippen molar-refractivity contribution < 1.29 is 28.8 Å². The number of fused-ring (bicyclic) bond motifs is 9. The second-order valence-corrected chi connectivity index (χ2v) is 13.3. The van der Waals surface area contributed by atoms with Crippen molar-refractivity contribution in [2.75, 3.05) is 0 Å². The molecule has 0 radical (unpaired) electrons. The third kappa shape index (κ3) is 4.73. The minimum atomic E-state index is -0.848. The van der Waals surface area contributed by atoms with Gasteiger partial charge in [-0.25, -0.2) is 0 Å². The summed E-state index contributed by atoms with van der Waals surface area (Å²) in [6.45, 7) is 0. The van der Waals surface area contributed by atoms with Crippen LogP contribution in [0, 0.1) is 0 Å². The van der Waals surface area contributed by atoms with Crippen LogP contribution in [0.5, 0.6) is 0 Å². The number of nitrogens with zero attached hydrogens (tertiary/aromatic N) is 3. The molecule has 57 heavy (non-hydrogen) atoms. The summed E-state index contributed by atoms with van der Waals surface area (Å²) in [7, 11) is 0. The largest absolute Gasteiger partial charge is 0.309 e. The molecule has 3 aromatic heterocycles. The first-order valence-electron chi connectivity index (χ1n) is 28.4. The van der Waals surface area contributed by atoms with Gasteiger partial charge in [-0.2, -0.15) is 0 Å². The third-order valence-electron chi connectivity index (χ3n) is 10.2. The Balaban J connectivity index is 1.32. The van der Waals surface area contributed by atoms with Crippen LogP contribution in [-0.2, 0) is 0 Å². The molecule has 0 fully saturated rings. The van der Waals surface area contributed by atoms with Gasteiger partial charge in [-0.3, -0.25) is 0 Å². The van der Waals surface area contributed by atoms with E-state index in [9.17, 15) is 17.8 Å². The summed E-state index contributed by atoms with van der Waals surface area (Å²) < 4.78 is 200. The molecule has 0 aliphatic rings. The molecule has 0 saturated heterocycles. The second-order valence-electron chi connectivity index (χ2n) is 13.3. The number of hydrogen-bond acceptors (Lipinski definition) is 0. The fourth-order valence-electron chi connectivity index (χ4n) is 7.83. The Bertz CT molecular complexity index is 4740. The molecule has 0 unspecified atom stereocenters. The molecule has 9 aromatic carbocycles. The summed E-state index contributed by atoms with van der Waals surface area (Å²) in [6, 6.07) is 9.18. The normalized spacial score (nSPS) is 17.0. The van der Waals surface area contributed by atoms with Crippen LogP contribution in [0.2, 0.25) is 0 Å². The van der Waals surface area contributed by atoms with Gasteiger partial charge >= 0.3 is 0 Å². The van der Waals surface area contributed by atoms with Crippen LogP contribution in [0.25, 0.3) is 105 Å². The zero-order valence-electron chi connectivity index (χ0n) is 50.4. The Hall–Kier alpha value is -7.62. The quantitative estimate of drug-likeness (QED) is 0.167. The summed E-state index contributed by atoms with van der Waals surface area (Å²) in [4.78, 5) is 0. The first-order chi connectivity index (χ1) is 37.1. The molecule has 12 rings (SSSR count). The summed E-state index contributed by atoms with van der Waals surface area (Å²) in [5.41, 5.74) is -1.66. The molecule has 12 aromatic rings. The zero-order chi connectivity index (χ0) is 55.7. The number of benzene rings is 9. The molecular weight excluding hydrogens is 691 g/mol. The van der Waals surface area contributed by atoms with E-state index in [-0.39, 0.29) is 55.0 Å². The zero-order valence-corrected chi connectivity index (χ0v) is 29.4. The van der Waals surface area contributed by atoms with Crippen LogP contribution in [0.3, 0.4) is 0 Å². The van der Waals surface area contributed by atoms with Gasteiger partial charge in [0, 0.05) is 54.8 Å². The van der Waals surface area contributed by atoms with Crippen LogP contribution < -0.4 is 0 Å². The van der Waals surface area contributed by atoms with Gasteiger partial charge in [0.25, 0.3) is 0 Å². The maximum atomic E-state index is 10.3. The molecule has 0 atom stereocenters. The van der Waals surface area contributed by atoms with E-state index in [1.165, 1.54) is 9.13 Å². The van der Waals surface area contributed by atoms with Crippen LogP contribution in [0.4, 0.5) is 0 Å². The monoisotopic (exact) mass is 746 g/mol. The average molecular weight is 747 g/mol. The summed E-state index contributed by atoms with van der Waals surface area (Å²) in [5, 5.41) is -1.77. The number of rotatable bonds is 5. The molecule has 3 heterocycles. The molecule has 0 N–H and O–H groups in total. The van der Waals surface area contributed by atoms with Crippen LogP contribution in [0.1, 0.15) is 28.8 Å². The topological polar surface area (TPSA) is 14.8 Å². The van der Waals surface area contributed by atoms with E-state index in [1.807, 2.05) is 0 Å². The number of aromatic nitrogens is 3. The van der Waals surface area contributed by atoms with Crippen molar-refractivity contribution in [3.63, 3.8) is 0 Å². The fourth-order valence-corrected chi connectivity index (χ4v) is 7.83. The minimum Gasteiger partial charge on any atom is -0.309 e. The van der Waals surface area contributed by atoms with E-state index in [0.717, 1.165) is 4.57 Å². The number of hydrogen-bond donors (Lipinski definition) is 0. The lowest BCUT2D eigenvalue weighted by atomic mass is 9.99. The van der Waals surface area contributed by atoms with Crippen molar-refractivity contribution in [3.8, 4) is 39.3 Å². The lowest BCUT2D eigenvalue weighted by molar-refractivity contribution is 1.15. The Labute approximate surface area is 359 Å². The molecule has 3 nitrogen and oxygen atoms in total. The van der Waals surface area contributed by atoms with Gasteiger partial charge in [0.05, 0.1) is 67.6 Å². The van der Waals surface area contributed by atoms with Crippen molar-refractivity contribution in [1.29, 1.82) is 0 Å². The van der Waals surface area contributed by atoms with E-state index in [4.69, 9.17) is 11.0 Å². The summed E-state index contributed by atoms with van der Waals surface area (Å²) in [6.07, 6.45) is 0. The maximum absolute atomic E-state index is 10.3. The van der Waals surface area contributed by atoms with Crippen molar-refractivity contribution in [1.82, 2.24) is 13.7 Å². The van der Waals surface area contributed by atoms with Gasteiger partial charge < -0.3 is 13.7 Å². The fraction of sp³-hybridized carbons (Fsp3) is 0. The Morgan fingerprint density at radius 3 is 1.63 bits per heavy atom. The minimum absolute atomic E-state index is 0.139. The smallest absolute Gasteiger partial charge is 0.0667 e. The molecular formula is C54H35N3. The molecule has 0 aliphatic heterocycles. The van der Waals surface area contributed by atoms with Gasteiger partial charge in [-0.15, -0.1) is 0 Å². The lowest BCUT2D eigenvalue weighted by Gasteiger charge is -2.16. The Morgan fingerprint density at radius 2 is 0.877 bits per heavy atom. The second kappa shape index (κ2) is 12.5. The van der Waals surface area contributed by atoms with E-state index >= 15 is 0 Å². The summed E-state index contributed by atoms with van der Waals surface area (Å²) in [5.74, 6) is 0. The van der Waals surface area contributed by atoms with Crippen LogP contribution in [-0.4, -0.2) is 13.7 Å². The van der Waals surface area contributed by atoms with Crippen LogP contribution >= 0.6 is 0 Å².